The van der Waals surface area contributed by atoms with Gasteiger partial charge in [-0.3, -0.25) is 0 Å². The molecule has 0 radical (unpaired) electrons. The third-order valence-corrected chi connectivity index (χ3v) is 5.62. The lowest BCUT2D eigenvalue weighted by Crippen LogP contribution is -2.04. The fourth-order valence-corrected chi connectivity index (χ4v) is 4.00. The normalized spacial score (nSPS) is 11.0. The number of benzene rings is 2. The number of fused-ring (bicyclic) bond motifs is 1. The van der Waals surface area contributed by atoms with Crippen molar-refractivity contribution in [3.63, 3.8) is 0 Å². The van der Waals surface area contributed by atoms with Gasteiger partial charge in [-0.25, -0.2) is 28.1 Å². The molecule has 0 spiro atoms. The second kappa shape index (κ2) is 8.99. The molecule has 0 aliphatic carbocycles. The van der Waals surface area contributed by atoms with Gasteiger partial charge in [-0.15, -0.1) is 0 Å². The molecular weight excluding hydrogens is 447 g/mol. The summed E-state index contributed by atoms with van der Waals surface area (Å²) in [5.41, 5.74) is 0.850. The van der Waals surface area contributed by atoms with Crippen LogP contribution in [0.3, 0.4) is 0 Å². The lowest BCUT2D eigenvalue weighted by molar-refractivity contribution is 0.593. The number of halogens is 4. The van der Waals surface area contributed by atoms with E-state index in [1.54, 1.807) is 24.3 Å². The third-order valence-electron chi connectivity index (χ3n) is 4.48. The van der Waals surface area contributed by atoms with Crippen molar-refractivity contribution >= 4 is 51.8 Å². The summed E-state index contributed by atoms with van der Waals surface area (Å²) in [4.78, 5) is 12.9. The highest BCUT2D eigenvalue weighted by Gasteiger charge is 2.17. The molecule has 2 heterocycles. The number of rotatable bonds is 6. The summed E-state index contributed by atoms with van der Waals surface area (Å²) in [6.07, 6.45) is 1.73. The first kappa shape index (κ1) is 21.2. The lowest BCUT2D eigenvalue weighted by atomic mass is 10.1. The number of nitrogens with one attached hydrogen (secondary N) is 2. The molecule has 5 nitrogen and oxygen atoms in total. The van der Waals surface area contributed by atoms with Gasteiger partial charge in [0, 0.05) is 10.5 Å². The van der Waals surface area contributed by atoms with Crippen LogP contribution in [-0.2, 0) is 6.42 Å². The Morgan fingerprint density at radius 1 is 1.00 bits per heavy atom. The van der Waals surface area contributed by atoms with Gasteiger partial charge in [-0.1, -0.05) is 24.6 Å². The summed E-state index contributed by atoms with van der Waals surface area (Å²) in [5.74, 6) is -1.91. The van der Waals surface area contributed by atoms with Crippen molar-refractivity contribution in [2.24, 2.45) is 0 Å². The summed E-state index contributed by atoms with van der Waals surface area (Å²) >= 11 is 6.98. The number of pyridine rings is 1. The van der Waals surface area contributed by atoms with Crippen LogP contribution in [-0.4, -0.2) is 15.0 Å². The zero-order valence-electron chi connectivity index (χ0n) is 16.1. The van der Waals surface area contributed by atoms with Gasteiger partial charge in [-0.05, 0) is 54.8 Å². The minimum absolute atomic E-state index is 0.0181. The Morgan fingerprint density at radius 2 is 1.84 bits per heavy atom. The quantitative estimate of drug-likeness (QED) is 0.252. The molecule has 0 saturated carbocycles. The van der Waals surface area contributed by atoms with Crippen LogP contribution in [0.15, 0.2) is 53.7 Å². The molecule has 4 aromatic rings. The Hall–Kier alpha value is -3.04. The monoisotopic (exact) mass is 461 g/mol. The van der Waals surface area contributed by atoms with Crippen molar-refractivity contribution < 1.29 is 13.2 Å². The Morgan fingerprint density at radius 3 is 2.65 bits per heavy atom. The van der Waals surface area contributed by atoms with Gasteiger partial charge >= 0.3 is 0 Å². The van der Waals surface area contributed by atoms with Crippen molar-refractivity contribution in [1.82, 2.24) is 15.0 Å². The van der Waals surface area contributed by atoms with Crippen LogP contribution in [0.4, 0.5) is 30.4 Å². The van der Waals surface area contributed by atoms with Crippen molar-refractivity contribution in [2.75, 3.05) is 10.0 Å². The van der Waals surface area contributed by atoms with Crippen LogP contribution < -0.4 is 10.0 Å². The summed E-state index contributed by atoms with van der Waals surface area (Å²) in [6, 6.07) is 10.2. The van der Waals surface area contributed by atoms with Crippen LogP contribution in [0.5, 0.6) is 0 Å². The van der Waals surface area contributed by atoms with Crippen molar-refractivity contribution in [3.05, 3.63) is 77.0 Å². The third kappa shape index (κ3) is 4.38. The molecule has 0 atom stereocenters. The molecule has 0 saturated heterocycles. The van der Waals surface area contributed by atoms with Crippen LogP contribution in [0.25, 0.3) is 11.0 Å². The van der Waals surface area contributed by atoms with Gasteiger partial charge in [0.1, 0.15) is 34.3 Å². The fourth-order valence-electron chi connectivity index (χ4n) is 2.96. The zero-order chi connectivity index (χ0) is 22.0. The van der Waals surface area contributed by atoms with Crippen LogP contribution in [0, 0.1) is 17.5 Å². The van der Waals surface area contributed by atoms with Crippen molar-refractivity contribution in [2.45, 2.75) is 18.2 Å². The average molecular weight is 462 g/mol. The zero-order valence-corrected chi connectivity index (χ0v) is 17.7. The first-order chi connectivity index (χ1) is 15.0. The van der Waals surface area contributed by atoms with Crippen molar-refractivity contribution in [3.8, 4) is 0 Å². The maximum absolute atomic E-state index is 15.1. The van der Waals surface area contributed by atoms with Crippen molar-refractivity contribution in [1.29, 1.82) is 0 Å². The van der Waals surface area contributed by atoms with E-state index in [9.17, 15) is 8.78 Å². The van der Waals surface area contributed by atoms with E-state index in [-0.39, 0.29) is 28.0 Å². The molecule has 0 fully saturated rings. The maximum atomic E-state index is 15.1. The number of hydrogen-bond donors (Lipinski definition) is 2. The molecule has 0 aliphatic rings. The molecule has 31 heavy (non-hydrogen) atoms. The first-order valence-electron chi connectivity index (χ1n) is 9.20. The van der Waals surface area contributed by atoms with Crippen LogP contribution >= 0.6 is 23.5 Å². The number of aromatic nitrogens is 3. The second-order valence-corrected chi connectivity index (χ2v) is 7.64. The molecule has 2 aromatic heterocycles. The highest BCUT2D eigenvalue weighted by atomic mass is 35.5. The molecule has 0 amide bonds. The van der Waals surface area contributed by atoms with E-state index in [1.807, 2.05) is 6.92 Å². The molecule has 2 aromatic carbocycles. The Labute approximate surface area is 185 Å². The predicted octanol–water partition coefficient (Wildman–Crippen LogP) is 6.52. The molecule has 4 rings (SSSR count). The fraction of sp³-hybridized carbons (Fsp3) is 0.0952. The average Bonchev–Trinajstić information content (AvgIpc) is 2.76. The van der Waals surface area contributed by atoms with Gasteiger partial charge in [0.05, 0.1) is 11.2 Å². The topological polar surface area (TPSA) is 62.7 Å². The molecule has 2 N–H and O–H groups in total. The standard InChI is InChI=1S/C21H15ClF3N5S/c1-2-11-12(23)4-3-5-16(11)31-30-14-7-6-13(24)19(18(14)25)29-21-20-15(26-10-27-21)8-9-17(22)28-20/h3-10,30H,2H2,1H3,(H,26,27,29). The van der Waals surface area contributed by atoms with E-state index in [1.165, 1.54) is 18.5 Å². The van der Waals surface area contributed by atoms with E-state index >= 15 is 4.39 Å². The predicted molar refractivity (Wildman–Crippen MR) is 117 cm³/mol. The maximum Gasteiger partial charge on any atom is 0.173 e. The summed E-state index contributed by atoms with van der Waals surface area (Å²) in [7, 11) is 0. The number of nitrogens with zero attached hydrogens (tertiary/aromatic N) is 3. The van der Waals surface area contributed by atoms with Gasteiger partial charge in [0.15, 0.2) is 11.6 Å². The molecule has 10 heteroatoms. The SMILES string of the molecule is CCc1c(F)cccc1SNc1ccc(F)c(Nc2ncnc3ccc(Cl)nc23)c1F. The summed E-state index contributed by atoms with van der Waals surface area (Å²) in [6.45, 7) is 1.83. The number of anilines is 3. The molecule has 0 aliphatic heterocycles. The van der Waals surface area contributed by atoms with Gasteiger partial charge in [0.25, 0.3) is 0 Å². The van der Waals surface area contributed by atoms with Crippen LogP contribution in [0.2, 0.25) is 5.15 Å². The Bertz CT molecular complexity index is 1270. The first-order valence-corrected chi connectivity index (χ1v) is 10.4. The number of hydrogen-bond acceptors (Lipinski definition) is 6. The molecule has 158 valence electrons. The smallest absolute Gasteiger partial charge is 0.173 e. The van der Waals surface area contributed by atoms with Gasteiger partial charge in [0.2, 0.25) is 0 Å². The van der Waals surface area contributed by atoms with Gasteiger partial charge < -0.3 is 10.0 Å². The molecular formula is C21H15ClF3N5S. The Kier molecular flexibility index (Phi) is 6.15. The lowest BCUT2D eigenvalue weighted by Gasteiger charge is -2.14. The van der Waals surface area contributed by atoms with E-state index in [2.05, 4.69) is 25.0 Å². The highest BCUT2D eigenvalue weighted by Crippen LogP contribution is 2.33. The van der Waals surface area contributed by atoms with E-state index in [0.29, 0.717) is 22.4 Å². The highest BCUT2D eigenvalue weighted by molar-refractivity contribution is 8.00. The van der Waals surface area contributed by atoms with E-state index in [4.69, 9.17) is 11.6 Å². The minimum Gasteiger partial charge on any atom is -0.333 e. The minimum atomic E-state index is -0.865. The second-order valence-electron chi connectivity index (χ2n) is 6.41. The van der Waals surface area contributed by atoms with E-state index in [0.717, 1.165) is 18.0 Å². The Balaban J connectivity index is 1.65. The largest absolute Gasteiger partial charge is 0.333 e. The van der Waals surface area contributed by atoms with E-state index < -0.39 is 17.3 Å². The summed E-state index contributed by atoms with van der Waals surface area (Å²) < 4.78 is 46.4. The van der Waals surface area contributed by atoms with Gasteiger partial charge in [-0.2, -0.15) is 0 Å². The van der Waals surface area contributed by atoms with Crippen LogP contribution in [0.1, 0.15) is 12.5 Å². The molecule has 0 unspecified atom stereocenters. The molecule has 0 bridgehead atoms. The summed E-state index contributed by atoms with van der Waals surface area (Å²) in [5, 5.41) is 2.84.